The molecule has 92 valence electrons. The van der Waals surface area contributed by atoms with Crippen LogP contribution in [0, 0.1) is 0 Å². The predicted molar refractivity (Wildman–Crippen MR) is 71.0 cm³/mol. The summed E-state index contributed by atoms with van der Waals surface area (Å²) in [5.74, 6) is -0.481. The summed E-state index contributed by atoms with van der Waals surface area (Å²) >= 11 is 0. The van der Waals surface area contributed by atoms with Crippen LogP contribution in [0.1, 0.15) is 0 Å². The van der Waals surface area contributed by atoms with Crippen LogP contribution in [0.15, 0.2) is 83.0 Å². The fraction of sp³-hybridized carbons (Fsp3) is 0. The fourth-order valence-corrected chi connectivity index (χ4v) is 1.02. The summed E-state index contributed by atoms with van der Waals surface area (Å²) in [6.07, 6.45) is 18.6. The van der Waals surface area contributed by atoms with E-state index in [9.17, 15) is 4.79 Å². The lowest BCUT2D eigenvalue weighted by atomic mass is 10.2. The standard InChI is InChI=1S/C13H14N4O/c14-13(18)12-8-4-2-1-3-6-10-15-17-16-11-7-5-9-12/h1-11H,(H2,14,18)(H,15,16)/b3-1+,4-2+,9-5+,10-6-,11-7-,12-8+. The smallest absolute Gasteiger partial charge is 0.248 e. The summed E-state index contributed by atoms with van der Waals surface area (Å²) in [5.41, 5.74) is 8.25. The summed E-state index contributed by atoms with van der Waals surface area (Å²) in [6, 6.07) is 0. The maximum absolute atomic E-state index is 11.1. The van der Waals surface area contributed by atoms with Crippen molar-refractivity contribution < 1.29 is 4.79 Å². The first kappa shape index (κ1) is 13.4. The highest BCUT2D eigenvalue weighted by Gasteiger charge is 1.96. The monoisotopic (exact) mass is 242 g/mol. The SMILES string of the molecule is NC(=O)C1=C/C=C/C=C/C=C\N=N\N/C=C\C=C\1. The molecule has 0 aromatic rings. The number of carbonyl (C=O) groups is 1. The number of hydrogen-bond acceptors (Lipinski definition) is 4. The van der Waals surface area contributed by atoms with Gasteiger partial charge in [0.1, 0.15) is 0 Å². The van der Waals surface area contributed by atoms with Crippen LogP contribution in [0.3, 0.4) is 0 Å². The van der Waals surface area contributed by atoms with E-state index in [1.54, 1.807) is 67.1 Å². The maximum Gasteiger partial charge on any atom is 0.248 e. The first-order chi connectivity index (χ1) is 8.80. The molecule has 0 aromatic carbocycles. The minimum absolute atomic E-state index is 0.413. The van der Waals surface area contributed by atoms with Crippen molar-refractivity contribution in [1.29, 1.82) is 0 Å². The molecule has 0 unspecified atom stereocenters. The second-order valence-corrected chi connectivity index (χ2v) is 3.16. The predicted octanol–water partition coefficient (Wildman–Crippen LogP) is 2.06. The summed E-state index contributed by atoms with van der Waals surface area (Å²) in [4.78, 5) is 11.1. The third-order valence-corrected chi connectivity index (χ3v) is 1.83. The average molecular weight is 242 g/mol. The summed E-state index contributed by atoms with van der Waals surface area (Å²) in [5, 5.41) is 7.37. The molecule has 0 radical (unpaired) electrons. The van der Waals surface area contributed by atoms with E-state index in [2.05, 4.69) is 15.8 Å². The second kappa shape index (κ2) is 8.46. The zero-order chi connectivity index (χ0) is 13.1. The number of rotatable bonds is 1. The summed E-state index contributed by atoms with van der Waals surface area (Å²) < 4.78 is 0. The Bertz CT molecular complexity index is 479. The van der Waals surface area contributed by atoms with E-state index < -0.39 is 5.91 Å². The zero-order valence-corrected chi connectivity index (χ0v) is 9.73. The lowest BCUT2D eigenvalue weighted by Crippen LogP contribution is -2.12. The van der Waals surface area contributed by atoms with E-state index in [0.29, 0.717) is 5.57 Å². The minimum atomic E-state index is -0.481. The number of nitrogens with two attached hydrogens (primary N) is 1. The van der Waals surface area contributed by atoms with E-state index in [0.717, 1.165) is 0 Å². The van der Waals surface area contributed by atoms with Crippen molar-refractivity contribution in [2.45, 2.75) is 0 Å². The van der Waals surface area contributed by atoms with Gasteiger partial charge in [0.25, 0.3) is 0 Å². The number of primary amides is 1. The van der Waals surface area contributed by atoms with Crippen LogP contribution in [0.4, 0.5) is 0 Å². The molecule has 0 spiro atoms. The Balaban J connectivity index is 2.88. The topological polar surface area (TPSA) is 79.8 Å². The number of nitrogens with one attached hydrogen (secondary N) is 1. The molecule has 0 aliphatic carbocycles. The summed E-state index contributed by atoms with van der Waals surface area (Å²) in [7, 11) is 0. The molecule has 1 rings (SSSR count). The quantitative estimate of drug-likeness (QED) is 0.738. The maximum atomic E-state index is 11.1. The van der Waals surface area contributed by atoms with E-state index in [4.69, 9.17) is 5.73 Å². The second-order valence-electron chi connectivity index (χ2n) is 3.16. The van der Waals surface area contributed by atoms with E-state index in [1.165, 1.54) is 0 Å². The normalized spacial score (nSPS) is 29.2. The first-order valence-corrected chi connectivity index (χ1v) is 5.29. The molecule has 5 nitrogen and oxygen atoms in total. The van der Waals surface area contributed by atoms with Gasteiger partial charge in [0.2, 0.25) is 5.91 Å². The van der Waals surface area contributed by atoms with Crippen LogP contribution in [0.25, 0.3) is 0 Å². The molecule has 1 amide bonds. The van der Waals surface area contributed by atoms with Crippen molar-refractivity contribution >= 4 is 5.91 Å². The van der Waals surface area contributed by atoms with Crippen LogP contribution in [0.5, 0.6) is 0 Å². The van der Waals surface area contributed by atoms with Gasteiger partial charge in [-0.3, -0.25) is 10.2 Å². The van der Waals surface area contributed by atoms with Crippen molar-refractivity contribution in [1.82, 2.24) is 5.43 Å². The van der Waals surface area contributed by atoms with Crippen LogP contribution in [0.2, 0.25) is 0 Å². The van der Waals surface area contributed by atoms with Gasteiger partial charge in [-0.05, 0) is 24.3 Å². The van der Waals surface area contributed by atoms with Gasteiger partial charge in [0.15, 0.2) is 0 Å². The molecule has 0 fully saturated rings. The van der Waals surface area contributed by atoms with Crippen LogP contribution in [-0.4, -0.2) is 5.91 Å². The van der Waals surface area contributed by atoms with Gasteiger partial charge in [-0.25, -0.2) is 0 Å². The third-order valence-electron chi connectivity index (χ3n) is 1.83. The van der Waals surface area contributed by atoms with Crippen molar-refractivity contribution in [3.63, 3.8) is 0 Å². The van der Waals surface area contributed by atoms with Crippen LogP contribution >= 0.6 is 0 Å². The molecular formula is C13H14N4O. The van der Waals surface area contributed by atoms with E-state index >= 15 is 0 Å². The van der Waals surface area contributed by atoms with Crippen molar-refractivity contribution in [2.24, 2.45) is 16.1 Å². The van der Waals surface area contributed by atoms with Gasteiger partial charge >= 0.3 is 0 Å². The molecule has 18 heavy (non-hydrogen) atoms. The number of nitrogens with zero attached hydrogens (tertiary/aromatic N) is 2. The Morgan fingerprint density at radius 2 is 1.83 bits per heavy atom. The van der Waals surface area contributed by atoms with Crippen molar-refractivity contribution in [3.8, 4) is 0 Å². The van der Waals surface area contributed by atoms with Gasteiger partial charge in [-0.2, -0.15) is 0 Å². The number of hydrogen-bond donors (Lipinski definition) is 2. The van der Waals surface area contributed by atoms with E-state index in [-0.39, 0.29) is 0 Å². The van der Waals surface area contributed by atoms with Crippen LogP contribution in [-0.2, 0) is 4.79 Å². The van der Waals surface area contributed by atoms with Gasteiger partial charge < -0.3 is 5.73 Å². The summed E-state index contributed by atoms with van der Waals surface area (Å²) in [6.45, 7) is 0. The molecule has 0 bridgehead atoms. The van der Waals surface area contributed by atoms with E-state index in [1.807, 2.05) is 0 Å². The number of amides is 1. The Morgan fingerprint density at radius 3 is 2.67 bits per heavy atom. The molecule has 0 saturated carbocycles. The Labute approximate surface area is 105 Å². The number of carbonyl (C=O) groups excluding carboxylic acids is 1. The third kappa shape index (κ3) is 6.02. The lowest BCUT2D eigenvalue weighted by Gasteiger charge is -1.92. The molecule has 0 saturated heterocycles. The fourth-order valence-electron chi connectivity index (χ4n) is 1.02. The average Bonchev–Trinajstić information content (AvgIpc) is 2.36. The van der Waals surface area contributed by atoms with Crippen LogP contribution < -0.4 is 11.2 Å². The minimum Gasteiger partial charge on any atom is -0.366 e. The Hall–Kier alpha value is -2.69. The van der Waals surface area contributed by atoms with Gasteiger partial charge in [0, 0.05) is 11.8 Å². The Kier molecular flexibility index (Phi) is 6.29. The zero-order valence-electron chi connectivity index (χ0n) is 9.73. The Morgan fingerprint density at radius 1 is 1.06 bits per heavy atom. The number of allylic oxidation sites excluding steroid dienone is 8. The van der Waals surface area contributed by atoms with Crippen molar-refractivity contribution in [3.05, 3.63) is 72.7 Å². The van der Waals surface area contributed by atoms with Gasteiger partial charge in [-0.15, -0.1) is 5.11 Å². The van der Waals surface area contributed by atoms with Gasteiger partial charge in [-0.1, -0.05) is 35.6 Å². The lowest BCUT2D eigenvalue weighted by molar-refractivity contribution is -0.114. The first-order valence-electron chi connectivity index (χ1n) is 5.29. The highest BCUT2D eigenvalue weighted by molar-refractivity contribution is 5.95. The molecule has 1 aliphatic rings. The largest absolute Gasteiger partial charge is 0.366 e. The molecule has 3 N–H and O–H groups in total. The molecule has 0 atom stereocenters. The molecule has 1 aliphatic heterocycles. The molecule has 1 heterocycles. The molecular weight excluding hydrogens is 228 g/mol. The molecule has 5 heteroatoms. The highest BCUT2D eigenvalue weighted by atomic mass is 16.1. The van der Waals surface area contributed by atoms with Crippen molar-refractivity contribution in [2.75, 3.05) is 0 Å². The molecule has 0 aromatic heterocycles. The van der Waals surface area contributed by atoms with Gasteiger partial charge in [0.05, 0.1) is 6.20 Å². The highest BCUT2D eigenvalue weighted by Crippen LogP contribution is 1.97.